The molecule has 0 spiro atoms. The third-order valence-electron chi connectivity index (χ3n) is 7.01. The third-order valence-corrected chi connectivity index (χ3v) is 7.01. The number of nitrogens with zero attached hydrogens (tertiary/aromatic N) is 3. The van der Waals surface area contributed by atoms with E-state index in [0.717, 1.165) is 70.1 Å². The molecule has 4 aliphatic heterocycles. The van der Waals surface area contributed by atoms with Crippen LogP contribution in [0, 0.1) is 5.92 Å². The molecule has 4 saturated heterocycles. The van der Waals surface area contributed by atoms with Crippen LogP contribution in [0.25, 0.3) is 0 Å². The predicted octanol–water partition coefficient (Wildman–Crippen LogP) is 1.03. The fourth-order valence-electron chi connectivity index (χ4n) is 5.14. The Balaban J connectivity index is 1.21. The molecule has 1 aromatic rings. The molecule has 5 rings (SSSR count). The summed E-state index contributed by atoms with van der Waals surface area (Å²) >= 11 is 0. The van der Waals surface area contributed by atoms with Crippen molar-refractivity contribution in [3.63, 3.8) is 0 Å². The molecule has 2 N–H and O–H groups in total. The van der Waals surface area contributed by atoms with E-state index in [9.17, 15) is 4.79 Å². The number of aromatic nitrogens is 1. The molecule has 3 atom stereocenters. The van der Waals surface area contributed by atoms with Gasteiger partial charge in [0.1, 0.15) is 11.5 Å². The normalized spacial score (nSPS) is 32.3. The van der Waals surface area contributed by atoms with E-state index >= 15 is 0 Å². The summed E-state index contributed by atoms with van der Waals surface area (Å²) in [4.78, 5) is 13.9. The van der Waals surface area contributed by atoms with Crippen LogP contribution in [-0.4, -0.2) is 72.4 Å². The number of carbonyl (C=O) groups is 1. The molecule has 0 saturated carbocycles. The average molecular weight is 390 g/mol. The number of hydrazine groups is 1. The van der Waals surface area contributed by atoms with Crippen LogP contribution in [0.4, 0.5) is 0 Å². The van der Waals surface area contributed by atoms with Gasteiger partial charge in [0.05, 0.1) is 25.3 Å². The Kier molecular flexibility index (Phi) is 5.13. The average Bonchev–Trinajstić information content (AvgIpc) is 3.34. The molecule has 0 aromatic carbocycles. The molecule has 1 amide bonds. The van der Waals surface area contributed by atoms with E-state index in [1.807, 2.05) is 11.8 Å². The molecule has 0 radical (unpaired) electrons. The Labute approximate surface area is 165 Å². The predicted molar refractivity (Wildman–Crippen MR) is 102 cm³/mol. The highest BCUT2D eigenvalue weighted by atomic mass is 16.5. The van der Waals surface area contributed by atoms with Crippen molar-refractivity contribution in [3.05, 3.63) is 17.5 Å². The van der Waals surface area contributed by atoms with E-state index in [0.29, 0.717) is 30.3 Å². The minimum absolute atomic E-state index is 0.240. The summed E-state index contributed by atoms with van der Waals surface area (Å²) in [7, 11) is 0. The molecule has 0 bridgehead atoms. The number of piperidine rings is 2. The number of carbonyl (C=O) groups excluding carboxylic acids is 1. The lowest BCUT2D eigenvalue weighted by atomic mass is 9.87. The minimum atomic E-state index is 0.240. The van der Waals surface area contributed by atoms with Crippen molar-refractivity contribution >= 4 is 5.91 Å². The van der Waals surface area contributed by atoms with E-state index in [1.165, 1.54) is 0 Å². The van der Waals surface area contributed by atoms with Gasteiger partial charge in [-0.3, -0.25) is 10.2 Å². The van der Waals surface area contributed by atoms with Gasteiger partial charge in [0.25, 0.3) is 0 Å². The zero-order chi connectivity index (χ0) is 19.1. The summed E-state index contributed by atoms with van der Waals surface area (Å²) in [5.41, 5.74) is 4.61. The highest BCUT2D eigenvalue weighted by molar-refractivity contribution is 5.75. The van der Waals surface area contributed by atoms with Crippen molar-refractivity contribution in [2.24, 2.45) is 5.92 Å². The van der Waals surface area contributed by atoms with Crippen LogP contribution in [0.3, 0.4) is 0 Å². The van der Waals surface area contributed by atoms with Crippen molar-refractivity contribution in [2.45, 2.75) is 56.7 Å². The van der Waals surface area contributed by atoms with Gasteiger partial charge >= 0.3 is 0 Å². The lowest BCUT2D eigenvalue weighted by Crippen LogP contribution is -2.57. The quantitative estimate of drug-likeness (QED) is 0.796. The van der Waals surface area contributed by atoms with Gasteiger partial charge in [-0.2, -0.15) is 0 Å². The summed E-state index contributed by atoms with van der Waals surface area (Å²) < 4.78 is 11.1. The maximum Gasteiger partial charge on any atom is 0.222 e. The zero-order valence-corrected chi connectivity index (χ0v) is 16.6. The van der Waals surface area contributed by atoms with E-state index in [1.54, 1.807) is 0 Å². The number of hydrogen-bond acceptors (Lipinski definition) is 7. The lowest BCUT2D eigenvalue weighted by molar-refractivity contribution is -0.131. The monoisotopic (exact) mass is 389 g/mol. The summed E-state index contributed by atoms with van der Waals surface area (Å²) in [6.07, 6.45) is 3.56. The molecular weight excluding hydrogens is 358 g/mol. The van der Waals surface area contributed by atoms with Gasteiger partial charge in [0.2, 0.25) is 5.91 Å². The van der Waals surface area contributed by atoms with Crippen LogP contribution in [0.2, 0.25) is 0 Å². The maximum absolute atomic E-state index is 11.9. The van der Waals surface area contributed by atoms with Gasteiger partial charge in [-0.1, -0.05) is 12.1 Å². The minimum Gasteiger partial charge on any atom is -0.378 e. The molecule has 0 aliphatic carbocycles. The third kappa shape index (κ3) is 3.36. The summed E-state index contributed by atoms with van der Waals surface area (Å²) in [5.74, 6) is 2.25. The number of rotatable bonds is 4. The summed E-state index contributed by atoms with van der Waals surface area (Å²) in [6, 6.07) is 3.43. The second-order valence-electron chi connectivity index (χ2n) is 8.65. The Morgan fingerprint density at radius 1 is 1.29 bits per heavy atom. The smallest absolute Gasteiger partial charge is 0.222 e. The van der Waals surface area contributed by atoms with Gasteiger partial charge in [0.15, 0.2) is 0 Å². The van der Waals surface area contributed by atoms with E-state index in [2.05, 4.69) is 27.0 Å². The van der Waals surface area contributed by atoms with Crippen molar-refractivity contribution in [1.82, 2.24) is 25.8 Å². The van der Waals surface area contributed by atoms with E-state index in [-0.39, 0.29) is 11.9 Å². The number of nitrogens with one attached hydrogen (secondary N) is 2. The van der Waals surface area contributed by atoms with E-state index < -0.39 is 0 Å². The molecule has 4 fully saturated rings. The fraction of sp³-hybridized carbons (Fsp3) is 0.800. The van der Waals surface area contributed by atoms with Gasteiger partial charge in [-0.15, -0.1) is 0 Å². The summed E-state index contributed by atoms with van der Waals surface area (Å²) in [6.45, 7) is 7.29. The number of ether oxygens (including phenoxy) is 1. The summed E-state index contributed by atoms with van der Waals surface area (Å²) in [5, 5.41) is 10.5. The van der Waals surface area contributed by atoms with Crippen LogP contribution < -0.4 is 10.7 Å². The molecule has 1 aromatic heterocycles. The largest absolute Gasteiger partial charge is 0.378 e. The van der Waals surface area contributed by atoms with Crippen LogP contribution in [0.1, 0.15) is 56.0 Å². The molecule has 154 valence electrons. The van der Waals surface area contributed by atoms with Crippen LogP contribution in [0.5, 0.6) is 0 Å². The first-order chi connectivity index (χ1) is 13.7. The molecule has 8 heteroatoms. The lowest BCUT2D eigenvalue weighted by Gasteiger charge is -2.41. The second kappa shape index (κ2) is 7.74. The topological polar surface area (TPSA) is 82.9 Å². The number of likely N-dealkylation sites (tertiary alicyclic amines) is 1. The van der Waals surface area contributed by atoms with Crippen LogP contribution in [0.15, 0.2) is 10.6 Å². The number of hydrogen-bond donors (Lipinski definition) is 2. The number of amides is 1. The number of fused-ring (bicyclic) bond motifs is 1. The second-order valence-corrected chi connectivity index (χ2v) is 8.65. The molecule has 8 nitrogen and oxygen atoms in total. The van der Waals surface area contributed by atoms with Gasteiger partial charge in [-0.05, 0) is 19.3 Å². The zero-order valence-electron chi connectivity index (χ0n) is 16.6. The molecule has 4 aliphatic rings. The van der Waals surface area contributed by atoms with Gasteiger partial charge < -0.3 is 19.5 Å². The molecule has 5 heterocycles. The van der Waals surface area contributed by atoms with Crippen LogP contribution >= 0.6 is 0 Å². The Morgan fingerprint density at radius 3 is 2.82 bits per heavy atom. The van der Waals surface area contributed by atoms with Crippen molar-refractivity contribution in [3.8, 4) is 0 Å². The highest BCUT2D eigenvalue weighted by Gasteiger charge is 2.44. The van der Waals surface area contributed by atoms with Crippen molar-refractivity contribution in [1.29, 1.82) is 0 Å². The first-order valence-corrected chi connectivity index (χ1v) is 10.8. The highest BCUT2D eigenvalue weighted by Crippen LogP contribution is 2.35. The standard InChI is InChI=1S/C20H31N5O3/c1-2-20(26)24-5-3-13(4-6-24)19-8-17(23-28-19)16-7-18-14(9-21-16)10-22-25(18)15-11-27-12-15/h8,13-16,18,21-22H,2-7,9-12H2,1H3. The first kappa shape index (κ1) is 18.5. The van der Waals surface area contributed by atoms with Crippen molar-refractivity contribution < 1.29 is 14.1 Å². The van der Waals surface area contributed by atoms with Gasteiger partial charge in [-0.25, -0.2) is 5.01 Å². The Morgan fingerprint density at radius 2 is 2.11 bits per heavy atom. The molecular formula is C20H31N5O3. The van der Waals surface area contributed by atoms with Gasteiger partial charge in [0, 0.05) is 56.5 Å². The Hall–Kier alpha value is -1.48. The SMILES string of the molecule is CCC(=O)N1CCC(c2cc(C3CC4C(CN3)CNN4C3COC3)no2)CC1. The van der Waals surface area contributed by atoms with E-state index in [4.69, 9.17) is 9.26 Å². The maximum atomic E-state index is 11.9. The van der Waals surface area contributed by atoms with Crippen molar-refractivity contribution in [2.75, 3.05) is 39.4 Å². The molecule has 28 heavy (non-hydrogen) atoms. The first-order valence-electron chi connectivity index (χ1n) is 10.8. The molecule has 3 unspecified atom stereocenters. The fourth-order valence-corrected chi connectivity index (χ4v) is 5.14. The van der Waals surface area contributed by atoms with Crippen LogP contribution in [-0.2, 0) is 9.53 Å². The Bertz CT molecular complexity index is 698.